The van der Waals surface area contributed by atoms with Crippen LogP contribution in [0.2, 0.25) is 5.02 Å². The van der Waals surface area contributed by atoms with Gasteiger partial charge in [-0.05, 0) is 66.6 Å². The van der Waals surface area contributed by atoms with Gasteiger partial charge in [0.25, 0.3) is 0 Å². The molecule has 27 heavy (non-hydrogen) atoms. The number of carbonyl (C=O) groups excluding carboxylic acids is 1. The molecule has 1 aliphatic carbocycles. The lowest BCUT2D eigenvalue weighted by atomic mass is 9.64. The number of nitrogens with one attached hydrogen (secondary N) is 1. The van der Waals surface area contributed by atoms with Crippen LogP contribution in [0.3, 0.4) is 0 Å². The molecule has 0 atom stereocenters. The van der Waals surface area contributed by atoms with Crippen LogP contribution in [-0.4, -0.2) is 20.7 Å². The van der Waals surface area contributed by atoms with E-state index in [0.29, 0.717) is 5.02 Å². The number of nitrogens with zero attached hydrogens (tertiary/aromatic N) is 3. The Bertz CT molecular complexity index is 966. The third-order valence-corrected chi connectivity index (χ3v) is 6.31. The first kappa shape index (κ1) is 18.1. The predicted octanol–water partition coefficient (Wildman–Crippen LogP) is 4.68. The van der Waals surface area contributed by atoms with E-state index in [1.54, 1.807) is 6.33 Å². The topological polar surface area (TPSA) is 59.8 Å². The predicted molar refractivity (Wildman–Crippen MR) is 107 cm³/mol. The summed E-state index contributed by atoms with van der Waals surface area (Å²) in [6.07, 6.45) is 4.41. The van der Waals surface area contributed by atoms with E-state index in [2.05, 4.69) is 15.5 Å². The molecule has 0 radical (unpaired) electrons. The van der Waals surface area contributed by atoms with Crippen molar-refractivity contribution in [2.75, 3.05) is 5.32 Å². The monoisotopic (exact) mass is 398 g/mol. The fourth-order valence-electron chi connectivity index (χ4n) is 3.29. The van der Waals surface area contributed by atoms with Crippen molar-refractivity contribution in [3.63, 3.8) is 0 Å². The van der Waals surface area contributed by atoms with E-state index < -0.39 is 5.41 Å². The van der Waals surface area contributed by atoms with Crippen molar-refractivity contribution in [2.24, 2.45) is 7.05 Å². The first-order valence-electron chi connectivity index (χ1n) is 8.76. The summed E-state index contributed by atoms with van der Waals surface area (Å²) in [6.45, 7) is 0. The molecule has 1 heterocycles. The number of hydrogen-bond donors (Lipinski definition) is 1. The van der Waals surface area contributed by atoms with Crippen molar-refractivity contribution in [1.29, 1.82) is 0 Å². The number of benzene rings is 2. The van der Waals surface area contributed by atoms with Crippen molar-refractivity contribution in [1.82, 2.24) is 14.8 Å². The van der Waals surface area contributed by atoms with E-state index in [0.717, 1.165) is 40.6 Å². The normalized spacial score (nSPS) is 15.2. The second kappa shape index (κ2) is 7.37. The number of amides is 1. The van der Waals surface area contributed by atoms with E-state index in [-0.39, 0.29) is 5.91 Å². The van der Waals surface area contributed by atoms with Gasteiger partial charge in [0.05, 0.1) is 5.41 Å². The molecule has 1 N–H and O–H groups in total. The molecule has 138 valence electrons. The highest BCUT2D eigenvalue weighted by molar-refractivity contribution is 7.99. The maximum absolute atomic E-state index is 13.0. The summed E-state index contributed by atoms with van der Waals surface area (Å²) in [7, 11) is 1.91. The summed E-state index contributed by atoms with van der Waals surface area (Å²) >= 11 is 7.67. The molecule has 2 aromatic carbocycles. The van der Waals surface area contributed by atoms with Crippen LogP contribution in [-0.2, 0) is 17.3 Å². The number of aryl methyl sites for hydroxylation is 1. The Morgan fingerprint density at radius 1 is 1.22 bits per heavy atom. The summed E-state index contributed by atoms with van der Waals surface area (Å²) in [6, 6.07) is 15.4. The molecule has 0 bridgehead atoms. The third-order valence-electron chi connectivity index (χ3n) is 5.01. The van der Waals surface area contributed by atoms with Gasteiger partial charge in [-0.15, -0.1) is 10.2 Å². The Morgan fingerprint density at radius 2 is 2.00 bits per heavy atom. The van der Waals surface area contributed by atoms with Gasteiger partial charge in [-0.2, -0.15) is 0 Å². The van der Waals surface area contributed by atoms with Crippen LogP contribution in [0.5, 0.6) is 0 Å². The molecule has 1 saturated carbocycles. The largest absolute Gasteiger partial charge is 0.325 e. The van der Waals surface area contributed by atoms with Crippen molar-refractivity contribution in [2.45, 2.75) is 34.7 Å². The summed E-state index contributed by atoms with van der Waals surface area (Å²) in [5.41, 5.74) is 1.31. The zero-order valence-electron chi connectivity index (χ0n) is 14.9. The lowest BCUT2D eigenvalue weighted by Crippen LogP contribution is -2.46. The average Bonchev–Trinajstić information content (AvgIpc) is 3.01. The van der Waals surface area contributed by atoms with Crippen LogP contribution >= 0.6 is 23.4 Å². The van der Waals surface area contributed by atoms with Crippen molar-refractivity contribution in [3.05, 3.63) is 65.4 Å². The standard InChI is InChI=1S/C20H19ClN4OS/c1-25-13-22-24-19(25)27-17-8-6-16(7-9-17)23-18(26)20(10-3-11-20)14-4-2-5-15(21)12-14/h2,4-9,12-13H,3,10-11H2,1H3,(H,23,26). The summed E-state index contributed by atoms with van der Waals surface area (Å²) in [5.74, 6) is 0.0321. The van der Waals surface area contributed by atoms with Crippen LogP contribution in [0.15, 0.2) is 64.9 Å². The first-order chi connectivity index (χ1) is 13.1. The van der Waals surface area contributed by atoms with E-state index >= 15 is 0 Å². The minimum Gasteiger partial charge on any atom is -0.325 e. The third kappa shape index (κ3) is 3.59. The van der Waals surface area contributed by atoms with Gasteiger partial charge in [0.2, 0.25) is 5.91 Å². The molecule has 7 heteroatoms. The zero-order chi connectivity index (χ0) is 18.9. The fraction of sp³-hybridized carbons (Fsp3) is 0.250. The number of carbonyl (C=O) groups is 1. The molecule has 4 rings (SSSR count). The summed E-state index contributed by atoms with van der Waals surface area (Å²) in [4.78, 5) is 14.1. The molecule has 5 nitrogen and oxygen atoms in total. The van der Waals surface area contributed by atoms with Gasteiger partial charge in [0, 0.05) is 22.7 Å². The Labute approximate surface area is 167 Å². The minimum absolute atomic E-state index is 0.0321. The minimum atomic E-state index is -0.475. The van der Waals surface area contributed by atoms with Gasteiger partial charge in [0.15, 0.2) is 5.16 Å². The van der Waals surface area contributed by atoms with Gasteiger partial charge in [-0.3, -0.25) is 4.79 Å². The fourth-order valence-corrected chi connectivity index (χ4v) is 4.24. The molecule has 1 fully saturated rings. The summed E-state index contributed by atoms with van der Waals surface area (Å²) < 4.78 is 1.87. The highest BCUT2D eigenvalue weighted by Crippen LogP contribution is 2.45. The molecule has 0 spiro atoms. The SMILES string of the molecule is Cn1cnnc1Sc1ccc(NC(=O)C2(c3cccc(Cl)c3)CCC2)cc1. The second-order valence-corrected chi connectivity index (χ2v) is 8.23. The van der Waals surface area contributed by atoms with Gasteiger partial charge in [-0.1, -0.05) is 30.2 Å². The highest BCUT2D eigenvalue weighted by atomic mass is 35.5. The quantitative estimate of drug-likeness (QED) is 0.677. The number of hydrogen-bond acceptors (Lipinski definition) is 4. The average molecular weight is 399 g/mol. The smallest absolute Gasteiger partial charge is 0.235 e. The van der Waals surface area contributed by atoms with Crippen molar-refractivity contribution >= 4 is 35.0 Å². The molecule has 0 unspecified atom stereocenters. The maximum atomic E-state index is 13.0. The van der Waals surface area contributed by atoms with Gasteiger partial charge < -0.3 is 9.88 Å². The Morgan fingerprint density at radius 3 is 2.59 bits per heavy atom. The molecule has 3 aromatic rings. The number of aromatic nitrogens is 3. The Kier molecular flexibility index (Phi) is 4.93. The molecule has 1 amide bonds. The van der Waals surface area contributed by atoms with Crippen molar-refractivity contribution < 1.29 is 4.79 Å². The molecule has 1 aromatic heterocycles. The zero-order valence-corrected chi connectivity index (χ0v) is 16.4. The summed E-state index contributed by atoms with van der Waals surface area (Å²) in [5, 5.41) is 12.5. The second-order valence-electron chi connectivity index (χ2n) is 6.75. The molecular formula is C20H19ClN4OS. The van der Waals surface area contributed by atoms with Crippen LogP contribution < -0.4 is 5.32 Å². The molecule has 0 aliphatic heterocycles. The molecular weight excluding hydrogens is 380 g/mol. The van der Waals surface area contributed by atoms with E-state index in [9.17, 15) is 4.79 Å². The Hall–Kier alpha value is -2.31. The van der Waals surface area contributed by atoms with Gasteiger partial charge in [-0.25, -0.2) is 0 Å². The van der Waals surface area contributed by atoms with Crippen LogP contribution in [0.1, 0.15) is 24.8 Å². The molecule has 1 aliphatic rings. The lowest BCUT2D eigenvalue weighted by molar-refractivity contribution is -0.124. The first-order valence-corrected chi connectivity index (χ1v) is 9.96. The van der Waals surface area contributed by atoms with Crippen LogP contribution in [0, 0.1) is 0 Å². The van der Waals surface area contributed by atoms with E-state index in [1.807, 2.05) is 60.1 Å². The van der Waals surface area contributed by atoms with E-state index in [1.165, 1.54) is 11.8 Å². The van der Waals surface area contributed by atoms with E-state index in [4.69, 9.17) is 11.6 Å². The number of anilines is 1. The van der Waals surface area contributed by atoms with Crippen molar-refractivity contribution in [3.8, 4) is 0 Å². The number of rotatable bonds is 5. The van der Waals surface area contributed by atoms with Gasteiger partial charge >= 0.3 is 0 Å². The Balaban J connectivity index is 1.48. The lowest BCUT2D eigenvalue weighted by Gasteiger charge is -2.40. The van der Waals surface area contributed by atoms with Crippen LogP contribution in [0.4, 0.5) is 5.69 Å². The maximum Gasteiger partial charge on any atom is 0.235 e. The van der Waals surface area contributed by atoms with Gasteiger partial charge in [0.1, 0.15) is 6.33 Å². The molecule has 0 saturated heterocycles. The number of halogens is 1. The highest BCUT2D eigenvalue weighted by Gasteiger charge is 2.45. The van der Waals surface area contributed by atoms with Crippen LogP contribution in [0.25, 0.3) is 0 Å².